The smallest absolute Gasteiger partial charge is 0.338 e. The molecule has 41 heavy (non-hydrogen) atoms. The van der Waals surface area contributed by atoms with Gasteiger partial charge in [0.05, 0.1) is 11.1 Å². The van der Waals surface area contributed by atoms with Crippen LogP contribution in [0, 0.1) is 24.2 Å². The Kier molecular flexibility index (Phi) is 8.61. The average molecular weight is 567 g/mol. The predicted octanol–water partition coefficient (Wildman–Crippen LogP) is 7.87. The summed E-state index contributed by atoms with van der Waals surface area (Å²) in [6.45, 7) is 8.50. The molecule has 0 radical (unpaired) electrons. The normalized spacial score (nSPS) is 26.7. The molecule has 7 atom stereocenters. The number of hydrogen-bond donors (Lipinski definition) is 0. The molecule has 212 valence electrons. The number of carbonyl (C=O) groups excluding carboxylic acids is 2. The molecular weight excluding hydrogens is 527 g/mol. The van der Waals surface area contributed by atoms with Crippen molar-refractivity contribution in [1.82, 2.24) is 0 Å². The Morgan fingerprint density at radius 3 is 2.00 bits per heavy atom. The van der Waals surface area contributed by atoms with Crippen LogP contribution in [0.2, 0.25) is 0 Å². The van der Waals surface area contributed by atoms with Crippen molar-refractivity contribution in [1.29, 1.82) is 0 Å². The molecule has 0 spiro atoms. The van der Waals surface area contributed by atoms with Gasteiger partial charge < -0.3 is 9.47 Å². The third-order valence-corrected chi connectivity index (χ3v) is 9.67. The van der Waals surface area contributed by atoms with Crippen LogP contribution in [0.1, 0.15) is 69.7 Å². The maximum absolute atomic E-state index is 13.7. The lowest BCUT2D eigenvalue weighted by molar-refractivity contribution is -0.121. The standard InChI is InChI=1S/C36H39O4P/c1-5-25-13-17-27(18-14-25)35(38)40-33-31(29-11-7-6-10-23(29)2)30-12-8-9-21-36(30,4)24(3)32(33)39-34(37)28-19-15-26(22-41)16-20-28/h6-21,24,30-33H,5,22,41H2,1-4H3/t24?,30?,31-,32?,33?,36?/m0/s1. The Hall–Kier alpha value is -3.49. The van der Waals surface area contributed by atoms with Gasteiger partial charge in [0.15, 0.2) is 0 Å². The molecule has 0 aromatic heterocycles. The van der Waals surface area contributed by atoms with E-state index in [0.717, 1.165) is 34.8 Å². The van der Waals surface area contributed by atoms with Crippen molar-refractivity contribution in [2.45, 2.75) is 58.4 Å². The van der Waals surface area contributed by atoms with Crippen LogP contribution in [0.25, 0.3) is 0 Å². The van der Waals surface area contributed by atoms with E-state index in [1.807, 2.05) is 48.5 Å². The molecule has 1 saturated carbocycles. The first kappa shape index (κ1) is 29.0. The Morgan fingerprint density at radius 1 is 0.829 bits per heavy atom. The molecule has 0 saturated heterocycles. The zero-order chi connectivity index (χ0) is 29.1. The van der Waals surface area contributed by atoms with Gasteiger partial charge in [0.2, 0.25) is 0 Å². The van der Waals surface area contributed by atoms with Gasteiger partial charge >= 0.3 is 11.9 Å². The van der Waals surface area contributed by atoms with E-state index >= 15 is 0 Å². The Labute approximate surface area is 246 Å². The summed E-state index contributed by atoms with van der Waals surface area (Å²) in [5.74, 6) is -1.11. The molecule has 5 rings (SSSR count). The highest BCUT2D eigenvalue weighted by Gasteiger charge is 2.57. The van der Waals surface area contributed by atoms with E-state index < -0.39 is 24.1 Å². The number of ether oxygens (including phenoxy) is 2. The summed E-state index contributed by atoms with van der Waals surface area (Å²) in [6, 6.07) is 23.3. The second-order valence-corrected chi connectivity index (χ2v) is 11.9. The van der Waals surface area contributed by atoms with E-state index in [2.05, 4.69) is 73.4 Å². The average Bonchev–Trinajstić information content (AvgIpc) is 3.00. The first-order valence-electron chi connectivity index (χ1n) is 14.5. The topological polar surface area (TPSA) is 52.6 Å². The molecule has 2 aliphatic carbocycles. The Morgan fingerprint density at radius 2 is 1.41 bits per heavy atom. The molecule has 4 nitrogen and oxygen atoms in total. The molecule has 0 amide bonds. The monoisotopic (exact) mass is 566 g/mol. The summed E-state index contributed by atoms with van der Waals surface area (Å²) in [6.07, 6.45) is 8.95. The van der Waals surface area contributed by atoms with Crippen molar-refractivity contribution in [3.05, 3.63) is 130 Å². The van der Waals surface area contributed by atoms with Crippen LogP contribution in [0.15, 0.2) is 97.1 Å². The number of rotatable bonds is 7. The van der Waals surface area contributed by atoms with Crippen molar-refractivity contribution in [2.75, 3.05) is 0 Å². The highest BCUT2D eigenvalue weighted by molar-refractivity contribution is 7.15. The first-order valence-corrected chi connectivity index (χ1v) is 15.3. The van der Waals surface area contributed by atoms with Gasteiger partial charge in [0.25, 0.3) is 0 Å². The van der Waals surface area contributed by atoms with Gasteiger partial charge in [-0.25, -0.2) is 9.59 Å². The van der Waals surface area contributed by atoms with Gasteiger partial charge in [0, 0.05) is 11.8 Å². The highest BCUT2D eigenvalue weighted by atomic mass is 31.0. The van der Waals surface area contributed by atoms with E-state index in [-0.39, 0.29) is 23.2 Å². The van der Waals surface area contributed by atoms with Crippen LogP contribution in [-0.2, 0) is 22.1 Å². The lowest BCUT2D eigenvalue weighted by atomic mass is 9.53. The first-order chi connectivity index (χ1) is 19.8. The van der Waals surface area contributed by atoms with Crippen LogP contribution < -0.4 is 0 Å². The second kappa shape index (κ2) is 12.2. The summed E-state index contributed by atoms with van der Waals surface area (Å²) in [7, 11) is 2.70. The van der Waals surface area contributed by atoms with Crippen LogP contribution in [0.3, 0.4) is 0 Å². The van der Waals surface area contributed by atoms with Crippen molar-refractivity contribution < 1.29 is 19.1 Å². The molecule has 3 aromatic carbocycles. The number of fused-ring (bicyclic) bond motifs is 1. The second-order valence-electron chi connectivity index (χ2n) is 11.5. The van der Waals surface area contributed by atoms with Gasteiger partial charge in [-0.05, 0) is 77.4 Å². The molecule has 6 unspecified atom stereocenters. The van der Waals surface area contributed by atoms with E-state index in [1.165, 1.54) is 0 Å². The molecule has 0 aliphatic heterocycles. The van der Waals surface area contributed by atoms with Gasteiger partial charge in [-0.1, -0.05) is 93.6 Å². The molecule has 2 aliphatic rings. The van der Waals surface area contributed by atoms with Crippen molar-refractivity contribution >= 4 is 21.2 Å². The summed E-state index contributed by atoms with van der Waals surface area (Å²) < 4.78 is 12.8. The maximum Gasteiger partial charge on any atom is 0.338 e. The zero-order valence-electron chi connectivity index (χ0n) is 24.2. The van der Waals surface area contributed by atoms with Crippen LogP contribution >= 0.6 is 9.24 Å². The fourth-order valence-corrected chi connectivity index (χ4v) is 6.72. The minimum absolute atomic E-state index is 0.0418. The Bertz CT molecular complexity index is 1460. The molecule has 0 bridgehead atoms. The van der Waals surface area contributed by atoms with E-state index in [9.17, 15) is 9.59 Å². The van der Waals surface area contributed by atoms with Gasteiger partial charge in [-0.3, -0.25) is 0 Å². The van der Waals surface area contributed by atoms with Crippen molar-refractivity contribution in [3.8, 4) is 0 Å². The van der Waals surface area contributed by atoms with E-state index in [1.54, 1.807) is 12.1 Å². The third-order valence-electron chi connectivity index (χ3n) is 9.20. The molecule has 5 heteroatoms. The van der Waals surface area contributed by atoms with Crippen molar-refractivity contribution in [2.24, 2.45) is 17.3 Å². The summed E-state index contributed by atoms with van der Waals surface area (Å²) in [5, 5.41) is 0. The minimum Gasteiger partial charge on any atom is -0.454 e. The summed E-state index contributed by atoms with van der Waals surface area (Å²) >= 11 is 0. The number of aryl methyl sites for hydroxylation is 2. The molecule has 0 N–H and O–H groups in total. The van der Waals surface area contributed by atoms with Crippen LogP contribution in [-0.4, -0.2) is 24.1 Å². The molecular formula is C36H39O4P. The highest BCUT2D eigenvalue weighted by Crippen LogP contribution is 2.56. The number of allylic oxidation sites excluding steroid dienone is 4. The summed E-state index contributed by atoms with van der Waals surface area (Å²) in [5.41, 5.74) is 5.14. The lowest BCUT2D eigenvalue weighted by Crippen LogP contribution is -2.57. The largest absolute Gasteiger partial charge is 0.454 e. The number of hydrogen-bond acceptors (Lipinski definition) is 4. The third kappa shape index (κ3) is 5.68. The predicted molar refractivity (Wildman–Crippen MR) is 167 cm³/mol. The van der Waals surface area contributed by atoms with E-state index in [4.69, 9.17) is 9.47 Å². The number of carbonyl (C=O) groups is 2. The van der Waals surface area contributed by atoms with Gasteiger partial charge in [-0.2, -0.15) is 0 Å². The lowest BCUT2D eigenvalue weighted by Gasteiger charge is -2.54. The number of esters is 2. The van der Waals surface area contributed by atoms with Crippen LogP contribution in [0.5, 0.6) is 0 Å². The maximum atomic E-state index is 13.7. The van der Waals surface area contributed by atoms with Crippen LogP contribution in [0.4, 0.5) is 0 Å². The van der Waals surface area contributed by atoms with Crippen molar-refractivity contribution in [3.63, 3.8) is 0 Å². The SMILES string of the molecule is CCc1ccc(C(=O)OC2C(OC(=O)c3ccc(CP)cc3)C(C)C3(C)C=CC=CC3[C@@H]2c2ccccc2C)cc1. The molecule has 1 fully saturated rings. The molecule has 0 heterocycles. The fourth-order valence-electron chi connectivity index (χ4n) is 6.45. The van der Waals surface area contributed by atoms with E-state index in [0.29, 0.717) is 11.1 Å². The van der Waals surface area contributed by atoms with Gasteiger partial charge in [-0.15, -0.1) is 9.24 Å². The fraction of sp³-hybridized carbons (Fsp3) is 0.333. The number of benzene rings is 3. The molecule has 3 aromatic rings. The Balaban J connectivity index is 1.59. The minimum atomic E-state index is -0.686. The quantitative estimate of drug-likeness (QED) is 0.216. The van der Waals surface area contributed by atoms with Gasteiger partial charge in [0.1, 0.15) is 12.2 Å². The summed E-state index contributed by atoms with van der Waals surface area (Å²) in [4.78, 5) is 27.3. The zero-order valence-corrected chi connectivity index (χ0v) is 25.4.